The fourth-order valence-corrected chi connectivity index (χ4v) is 6.81. The summed E-state index contributed by atoms with van der Waals surface area (Å²) in [6.07, 6.45) is 17.4. The quantitative estimate of drug-likeness (QED) is 0.0606. The van der Waals surface area contributed by atoms with Gasteiger partial charge in [0.15, 0.2) is 6.29 Å². The SMILES string of the molecule is C=C(CO)C(O)OCCOc1cc(OCCOC(=O)C(C)CO)cc(-c2ccc(C3=CCC(C4CCC(CC/C=C/C)CC4)CC3)cc2)c1. The number of ether oxygens (including phenoxy) is 4. The zero-order valence-electron chi connectivity index (χ0n) is 29.4. The number of hydrogen-bond donors (Lipinski definition) is 3. The van der Waals surface area contributed by atoms with Crippen LogP contribution < -0.4 is 9.47 Å². The molecule has 268 valence electrons. The molecule has 0 saturated heterocycles. The number of benzene rings is 2. The van der Waals surface area contributed by atoms with Gasteiger partial charge in [0.1, 0.15) is 31.3 Å². The highest BCUT2D eigenvalue weighted by atomic mass is 16.6. The summed E-state index contributed by atoms with van der Waals surface area (Å²) >= 11 is 0. The average molecular weight is 677 g/mol. The zero-order chi connectivity index (χ0) is 35.0. The monoisotopic (exact) mass is 676 g/mol. The van der Waals surface area contributed by atoms with E-state index in [-0.39, 0.29) is 45.2 Å². The van der Waals surface area contributed by atoms with Gasteiger partial charge in [-0.3, -0.25) is 4.79 Å². The summed E-state index contributed by atoms with van der Waals surface area (Å²) in [5.41, 5.74) is 4.78. The molecule has 1 saturated carbocycles. The van der Waals surface area contributed by atoms with Gasteiger partial charge in [0.05, 0.1) is 25.7 Å². The zero-order valence-corrected chi connectivity index (χ0v) is 29.4. The first-order valence-electron chi connectivity index (χ1n) is 18.0. The van der Waals surface area contributed by atoms with Crippen LogP contribution in [0.25, 0.3) is 16.7 Å². The van der Waals surface area contributed by atoms with Crippen LogP contribution in [-0.4, -0.2) is 67.2 Å². The Labute approximate surface area is 292 Å². The number of aliphatic hydroxyl groups excluding tert-OH is 3. The van der Waals surface area contributed by atoms with Crippen LogP contribution in [0.15, 0.2) is 72.8 Å². The summed E-state index contributed by atoms with van der Waals surface area (Å²) in [7, 11) is 0. The molecule has 0 amide bonds. The number of esters is 1. The van der Waals surface area contributed by atoms with Crippen molar-refractivity contribution in [3.63, 3.8) is 0 Å². The Balaban J connectivity index is 1.37. The number of allylic oxidation sites excluding steroid dienone is 4. The molecular formula is C41H56O8. The number of rotatable bonds is 19. The van der Waals surface area contributed by atoms with E-state index < -0.39 is 18.2 Å². The number of carbonyl (C=O) groups is 1. The van der Waals surface area contributed by atoms with E-state index in [0.29, 0.717) is 11.5 Å². The van der Waals surface area contributed by atoms with Gasteiger partial charge < -0.3 is 34.3 Å². The first-order chi connectivity index (χ1) is 23.8. The number of hydrogen-bond acceptors (Lipinski definition) is 8. The second-order valence-electron chi connectivity index (χ2n) is 13.4. The third-order valence-electron chi connectivity index (χ3n) is 9.91. The van der Waals surface area contributed by atoms with Crippen molar-refractivity contribution in [2.75, 3.05) is 39.6 Å². The standard InChI is InChI=1S/C41H56O8/c1-4-5-6-7-31-8-10-32(11-9-31)33-12-14-34(15-13-33)35-16-18-36(19-17-35)37-24-38(46-20-22-48-40(44)29(2)27-42)26-39(25-37)47-21-23-49-41(45)30(3)28-43/h4-5,14,16-19,24-26,30-33,40,42-44H,2,6-13,15,20-23,27-28H2,1,3H3/b5-4+. The van der Waals surface area contributed by atoms with Crippen molar-refractivity contribution >= 4 is 11.5 Å². The molecule has 0 spiro atoms. The maximum atomic E-state index is 11.9. The van der Waals surface area contributed by atoms with Crippen molar-refractivity contribution in [2.24, 2.45) is 23.7 Å². The minimum atomic E-state index is -1.27. The second-order valence-corrected chi connectivity index (χ2v) is 13.4. The Morgan fingerprint density at radius 2 is 1.57 bits per heavy atom. The highest BCUT2D eigenvalue weighted by Gasteiger charge is 2.28. The normalized spacial score (nSPS) is 20.8. The Morgan fingerprint density at radius 1 is 0.898 bits per heavy atom. The molecule has 3 N–H and O–H groups in total. The predicted octanol–water partition coefficient (Wildman–Crippen LogP) is 7.51. The van der Waals surface area contributed by atoms with E-state index >= 15 is 0 Å². The van der Waals surface area contributed by atoms with Gasteiger partial charge in [0, 0.05) is 11.6 Å². The molecule has 2 aromatic carbocycles. The fourth-order valence-electron chi connectivity index (χ4n) is 6.81. The van der Waals surface area contributed by atoms with Crippen molar-refractivity contribution < 1.29 is 39.1 Å². The first kappa shape index (κ1) is 38.4. The van der Waals surface area contributed by atoms with Gasteiger partial charge in [-0.1, -0.05) is 61.9 Å². The lowest BCUT2D eigenvalue weighted by Crippen LogP contribution is -2.23. The summed E-state index contributed by atoms with van der Waals surface area (Å²) in [6, 6.07) is 14.2. The van der Waals surface area contributed by atoms with Crippen LogP contribution in [0.1, 0.15) is 77.2 Å². The average Bonchev–Trinajstić information content (AvgIpc) is 3.14. The summed E-state index contributed by atoms with van der Waals surface area (Å²) in [4.78, 5) is 11.9. The van der Waals surface area contributed by atoms with Gasteiger partial charge in [-0.15, -0.1) is 0 Å². The molecule has 0 heterocycles. The molecule has 2 aromatic rings. The minimum absolute atomic E-state index is 0.0485. The highest BCUT2D eigenvalue weighted by Crippen LogP contribution is 2.42. The van der Waals surface area contributed by atoms with Crippen LogP contribution in [-0.2, 0) is 14.3 Å². The number of aliphatic hydroxyl groups is 3. The highest BCUT2D eigenvalue weighted by molar-refractivity contribution is 5.73. The lowest BCUT2D eigenvalue weighted by atomic mass is 9.70. The molecule has 8 nitrogen and oxygen atoms in total. The van der Waals surface area contributed by atoms with Crippen LogP contribution in [0.3, 0.4) is 0 Å². The van der Waals surface area contributed by atoms with Crippen LogP contribution in [0.2, 0.25) is 0 Å². The minimum Gasteiger partial charge on any atom is -0.491 e. The van der Waals surface area contributed by atoms with Crippen LogP contribution in [0.4, 0.5) is 0 Å². The van der Waals surface area contributed by atoms with Crippen molar-refractivity contribution in [1.82, 2.24) is 0 Å². The van der Waals surface area contributed by atoms with Gasteiger partial charge in [-0.2, -0.15) is 0 Å². The van der Waals surface area contributed by atoms with E-state index in [4.69, 9.17) is 29.2 Å². The molecular weight excluding hydrogens is 620 g/mol. The number of carbonyl (C=O) groups excluding carboxylic acids is 1. The third-order valence-corrected chi connectivity index (χ3v) is 9.91. The molecule has 0 aliphatic heterocycles. The Bertz CT molecular complexity index is 1370. The van der Waals surface area contributed by atoms with Gasteiger partial charge in [0.2, 0.25) is 0 Å². The molecule has 3 atom stereocenters. The summed E-state index contributed by atoms with van der Waals surface area (Å²) in [5, 5.41) is 28.2. The van der Waals surface area contributed by atoms with E-state index in [1.165, 1.54) is 62.5 Å². The maximum absolute atomic E-state index is 11.9. The van der Waals surface area contributed by atoms with Gasteiger partial charge in [0.25, 0.3) is 0 Å². The molecule has 4 rings (SSSR count). The Hall–Kier alpha value is -3.43. The van der Waals surface area contributed by atoms with Gasteiger partial charge in [-0.05, 0) is 111 Å². The Morgan fingerprint density at radius 3 is 2.18 bits per heavy atom. The van der Waals surface area contributed by atoms with E-state index in [9.17, 15) is 9.90 Å². The summed E-state index contributed by atoms with van der Waals surface area (Å²) in [5.74, 6) is 2.63. The predicted molar refractivity (Wildman–Crippen MR) is 193 cm³/mol. The van der Waals surface area contributed by atoms with E-state index in [1.54, 1.807) is 13.0 Å². The molecule has 3 unspecified atom stereocenters. The molecule has 1 fully saturated rings. The van der Waals surface area contributed by atoms with E-state index in [1.807, 2.05) is 12.1 Å². The summed E-state index contributed by atoms with van der Waals surface area (Å²) in [6.45, 7) is 7.07. The van der Waals surface area contributed by atoms with Crippen molar-refractivity contribution in [3.05, 3.63) is 78.4 Å². The molecule has 2 aliphatic carbocycles. The third kappa shape index (κ3) is 12.1. The topological polar surface area (TPSA) is 115 Å². The van der Waals surface area contributed by atoms with Crippen LogP contribution in [0, 0.1) is 23.7 Å². The molecule has 2 aliphatic rings. The van der Waals surface area contributed by atoms with Crippen LogP contribution in [0.5, 0.6) is 11.5 Å². The lowest BCUT2D eigenvalue weighted by molar-refractivity contribution is -0.149. The molecule has 0 aromatic heterocycles. The van der Waals surface area contributed by atoms with Gasteiger partial charge in [-0.25, -0.2) is 0 Å². The van der Waals surface area contributed by atoms with Crippen molar-refractivity contribution in [1.29, 1.82) is 0 Å². The van der Waals surface area contributed by atoms with Crippen molar-refractivity contribution in [3.8, 4) is 22.6 Å². The largest absolute Gasteiger partial charge is 0.491 e. The molecule has 49 heavy (non-hydrogen) atoms. The van der Waals surface area contributed by atoms with E-state index in [2.05, 4.69) is 56.0 Å². The van der Waals surface area contributed by atoms with Crippen LogP contribution >= 0.6 is 0 Å². The van der Waals surface area contributed by atoms with E-state index in [0.717, 1.165) is 35.3 Å². The molecule has 0 bridgehead atoms. The second kappa shape index (κ2) is 20.3. The van der Waals surface area contributed by atoms with Gasteiger partial charge >= 0.3 is 5.97 Å². The fraction of sp³-hybridized carbons (Fsp3) is 0.537. The smallest absolute Gasteiger partial charge is 0.311 e. The van der Waals surface area contributed by atoms with Crippen molar-refractivity contribution in [2.45, 2.75) is 77.9 Å². The first-order valence-corrected chi connectivity index (χ1v) is 18.0. The lowest BCUT2D eigenvalue weighted by Gasteiger charge is -2.35. The Kier molecular flexibility index (Phi) is 15.9. The molecule has 0 radical (unpaired) electrons. The summed E-state index contributed by atoms with van der Waals surface area (Å²) < 4.78 is 22.4. The maximum Gasteiger partial charge on any atom is 0.311 e. The molecule has 8 heteroatoms.